The van der Waals surface area contributed by atoms with Gasteiger partial charge < -0.3 is 9.47 Å². The van der Waals surface area contributed by atoms with Crippen LogP contribution in [-0.2, 0) is 21.8 Å². The second-order valence-electron chi connectivity index (χ2n) is 3.53. The molecule has 0 atom stereocenters. The van der Waals surface area contributed by atoms with Gasteiger partial charge in [0.1, 0.15) is 5.82 Å². The van der Waals surface area contributed by atoms with E-state index in [-0.39, 0.29) is 23.7 Å². The number of esters is 1. The molecule has 0 radical (unpaired) electrons. The van der Waals surface area contributed by atoms with Crippen LogP contribution in [0.1, 0.15) is 18.2 Å². The Morgan fingerprint density at radius 2 is 2.10 bits per heavy atom. The number of hydrogen-bond donors (Lipinski definition) is 0. The lowest BCUT2D eigenvalue weighted by Crippen LogP contribution is -2.19. The summed E-state index contributed by atoms with van der Waals surface area (Å²) >= 11 is 5.49. The maximum absolute atomic E-state index is 13.6. The van der Waals surface area contributed by atoms with E-state index in [0.29, 0.717) is 6.07 Å². The van der Waals surface area contributed by atoms with E-state index in [1.165, 1.54) is 0 Å². The van der Waals surface area contributed by atoms with Crippen molar-refractivity contribution in [3.63, 3.8) is 0 Å². The monoisotopic (exact) mass is 315 g/mol. The highest BCUT2D eigenvalue weighted by Crippen LogP contribution is 2.25. The fraction of sp³-hybridized carbons (Fsp3) is 0.455. The molecule has 0 saturated heterocycles. The molecule has 0 unspecified atom stereocenters. The molecule has 0 amide bonds. The Balaban J connectivity index is 3.09. The topological polar surface area (TPSA) is 48.4 Å². The van der Waals surface area contributed by atoms with Crippen LogP contribution in [0.3, 0.4) is 0 Å². The summed E-state index contributed by atoms with van der Waals surface area (Å²) in [4.78, 5) is 14.7. The maximum Gasteiger partial charge on any atom is 0.574 e. The third kappa shape index (κ3) is 4.84. The summed E-state index contributed by atoms with van der Waals surface area (Å²) < 4.78 is 57.9. The molecule has 0 spiro atoms. The summed E-state index contributed by atoms with van der Waals surface area (Å²) in [5.74, 6) is -3.13. The van der Waals surface area contributed by atoms with Gasteiger partial charge in [-0.2, -0.15) is 0 Å². The van der Waals surface area contributed by atoms with Crippen LogP contribution in [0, 0.1) is 5.82 Å². The minimum atomic E-state index is -5.01. The molecule has 1 heterocycles. The van der Waals surface area contributed by atoms with Crippen LogP contribution in [0.15, 0.2) is 6.07 Å². The molecule has 112 valence electrons. The van der Waals surface area contributed by atoms with Gasteiger partial charge in [-0.3, -0.25) is 4.79 Å². The number of hydrogen-bond acceptors (Lipinski definition) is 4. The van der Waals surface area contributed by atoms with E-state index >= 15 is 0 Å². The zero-order valence-electron chi connectivity index (χ0n) is 10.3. The fourth-order valence-electron chi connectivity index (χ4n) is 1.37. The molecule has 9 heteroatoms. The molecule has 0 bridgehead atoms. The van der Waals surface area contributed by atoms with E-state index in [4.69, 9.17) is 11.6 Å². The lowest BCUT2D eigenvalue weighted by molar-refractivity contribution is -0.276. The number of rotatable bonds is 5. The standard InChI is InChI=1S/C11H10ClF4NO3/c1-2-19-10(18)4-8-6(5-12)7(13)3-9(17-8)20-11(14,15)16/h3H,2,4-5H2,1H3. The summed E-state index contributed by atoms with van der Waals surface area (Å²) in [6, 6.07) is 0.458. The van der Waals surface area contributed by atoms with Gasteiger partial charge in [-0.15, -0.1) is 24.8 Å². The van der Waals surface area contributed by atoms with Crippen molar-refractivity contribution >= 4 is 17.6 Å². The van der Waals surface area contributed by atoms with E-state index < -0.39 is 30.4 Å². The molecule has 0 aliphatic carbocycles. The second-order valence-corrected chi connectivity index (χ2v) is 3.80. The van der Waals surface area contributed by atoms with E-state index in [2.05, 4.69) is 14.5 Å². The lowest BCUT2D eigenvalue weighted by atomic mass is 10.1. The highest BCUT2D eigenvalue weighted by atomic mass is 35.5. The molecule has 0 saturated carbocycles. The molecule has 1 aromatic heterocycles. The van der Waals surface area contributed by atoms with Crippen LogP contribution in [0.2, 0.25) is 0 Å². The van der Waals surface area contributed by atoms with Gasteiger partial charge in [-0.05, 0) is 6.92 Å². The van der Waals surface area contributed by atoms with Crippen molar-refractivity contribution in [3.05, 3.63) is 23.1 Å². The first-order chi connectivity index (χ1) is 9.26. The van der Waals surface area contributed by atoms with E-state index in [9.17, 15) is 22.4 Å². The summed E-state index contributed by atoms with van der Waals surface area (Å²) in [6.07, 6.45) is -5.51. The van der Waals surface area contributed by atoms with E-state index in [0.717, 1.165) is 0 Å². The molecule has 1 aromatic rings. The fourth-order valence-corrected chi connectivity index (χ4v) is 1.65. The highest BCUT2D eigenvalue weighted by Gasteiger charge is 2.32. The van der Waals surface area contributed by atoms with Crippen LogP contribution >= 0.6 is 11.6 Å². The molecule has 4 nitrogen and oxygen atoms in total. The molecule has 0 N–H and O–H groups in total. The van der Waals surface area contributed by atoms with Crippen molar-refractivity contribution in [2.45, 2.75) is 25.6 Å². The van der Waals surface area contributed by atoms with Gasteiger partial charge in [0.2, 0.25) is 5.88 Å². The summed E-state index contributed by atoms with van der Waals surface area (Å²) in [6.45, 7) is 1.63. The van der Waals surface area contributed by atoms with Crippen LogP contribution in [0.5, 0.6) is 5.88 Å². The number of halogens is 5. The third-order valence-electron chi connectivity index (χ3n) is 2.10. The maximum atomic E-state index is 13.6. The number of aromatic nitrogens is 1. The largest absolute Gasteiger partial charge is 0.574 e. The third-order valence-corrected chi connectivity index (χ3v) is 2.37. The van der Waals surface area contributed by atoms with Crippen molar-refractivity contribution in [1.82, 2.24) is 4.98 Å². The van der Waals surface area contributed by atoms with Crippen molar-refractivity contribution in [1.29, 1.82) is 0 Å². The van der Waals surface area contributed by atoms with Gasteiger partial charge in [-0.25, -0.2) is 9.37 Å². The average molecular weight is 316 g/mol. The Bertz CT molecular complexity index is 493. The van der Waals surface area contributed by atoms with Crippen LogP contribution in [0.4, 0.5) is 17.6 Å². The Kier molecular flexibility index (Phi) is 5.55. The first-order valence-corrected chi connectivity index (χ1v) is 5.96. The molecular weight excluding hydrogens is 306 g/mol. The summed E-state index contributed by atoms with van der Waals surface area (Å²) in [5, 5.41) is 0. The van der Waals surface area contributed by atoms with Gasteiger partial charge in [0, 0.05) is 11.6 Å². The lowest BCUT2D eigenvalue weighted by Gasteiger charge is -2.12. The first-order valence-electron chi connectivity index (χ1n) is 5.42. The normalized spacial score (nSPS) is 11.3. The Morgan fingerprint density at radius 1 is 1.45 bits per heavy atom. The second kappa shape index (κ2) is 6.74. The minimum absolute atomic E-state index is 0.0796. The van der Waals surface area contributed by atoms with E-state index in [1.54, 1.807) is 6.92 Å². The molecule has 0 aliphatic rings. The molecular formula is C11H10ClF4NO3. The van der Waals surface area contributed by atoms with E-state index in [1.807, 2.05) is 0 Å². The highest BCUT2D eigenvalue weighted by molar-refractivity contribution is 6.17. The van der Waals surface area contributed by atoms with Crippen LogP contribution < -0.4 is 4.74 Å². The predicted molar refractivity (Wildman–Crippen MR) is 60.8 cm³/mol. The number of carbonyl (C=O) groups is 1. The van der Waals surface area contributed by atoms with Crippen molar-refractivity contribution < 1.29 is 31.8 Å². The smallest absolute Gasteiger partial charge is 0.466 e. The Labute approximate surface area is 116 Å². The average Bonchev–Trinajstić information content (AvgIpc) is 2.26. The van der Waals surface area contributed by atoms with Gasteiger partial charge >= 0.3 is 12.3 Å². The zero-order chi connectivity index (χ0) is 15.3. The Morgan fingerprint density at radius 3 is 2.60 bits per heavy atom. The van der Waals surface area contributed by atoms with Gasteiger partial charge in [-0.1, -0.05) is 0 Å². The molecule has 0 fully saturated rings. The van der Waals surface area contributed by atoms with Crippen molar-refractivity contribution in [2.24, 2.45) is 0 Å². The number of ether oxygens (including phenoxy) is 2. The summed E-state index contributed by atoms with van der Waals surface area (Å²) in [5.41, 5.74) is -0.424. The van der Waals surface area contributed by atoms with Crippen LogP contribution in [-0.4, -0.2) is 23.9 Å². The van der Waals surface area contributed by atoms with Gasteiger partial charge in [0.05, 0.1) is 24.6 Å². The quantitative estimate of drug-likeness (QED) is 0.476. The number of nitrogens with zero attached hydrogens (tertiary/aromatic N) is 1. The summed E-state index contributed by atoms with van der Waals surface area (Å²) in [7, 11) is 0. The predicted octanol–water partition coefficient (Wildman–Crippen LogP) is 2.96. The Hall–Kier alpha value is -1.57. The number of alkyl halides is 4. The molecule has 20 heavy (non-hydrogen) atoms. The van der Waals surface area contributed by atoms with Crippen LogP contribution in [0.25, 0.3) is 0 Å². The van der Waals surface area contributed by atoms with Gasteiger partial charge in [0.15, 0.2) is 0 Å². The molecule has 1 rings (SSSR count). The van der Waals surface area contributed by atoms with Gasteiger partial charge in [0.25, 0.3) is 0 Å². The zero-order valence-corrected chi connectivity index (χ0v) is 11.0. The van der Waals surface area contributed by atoms with Crippen molar-refractivity contribution in [2.75, 3.05) is 6.61 Å². The number of carbonyl (C=O) groups excluding carboxylic acids is 1. The first kappa shape index (κ1) is 16.5. The number of pyridine rings is 1. The SMILES string of the molecule is CCOC(=O)Cc1nc(OC(F)(F)F)cc(F)c1CCl. The molecule has 0 aliphatic heterocycles. The minimum Gasteiger partial charge on any atom is -0.466 e. The molecule has 0 aromatic carbocycles. The van der Waals surface area contributed by atoms with Crippen molar-refractivity contribution in [3.8, 4) is 5.88 Å².